The Labute approximate surface area is 126 Å². The summed E-state index contributed by atoms with van der Waals surface area (Å²) in [6, 6.07) is 0. The molecule has 0 aliphatic carbocycles. The molecule has 116 valence electrons. The average Bonchev–Trinajstić information content (AvgIpc) is 2.97. The molecule has 0 fully saturated rings. The van der Waals surface area contributed by atoms with E-state index in [2.05, 4.69) is 20.3 Å². The number of nitrogens with zero attached hydrogens (tertiary/aromatic N) is 2. The largest absolute Gasteiger partial charge is 0.368 e. The number of likely N-dealkylation sites (N-methyl/N-ethyl adjacent to an activating group) is 1. The number of fused-ring (bicyclic) bond motifs is 1. The molecule has 0 atom stereocenters. The number of anilines is 1. The summed E-state index contributed by atoms with van der Waals surface area (Å²) in [7, 11) is -3.85. The van der Waals surface area contributed by atoms with Gasteiger partial charge in [-0.15, -0.1) is 11.3 Å². The third-order valence-electron chi connectivity index (χ3n) is 2.61. The zero-order valence-corrected chi connectivity index (χ0v) is 13.3. The first-order chi connectivity index (χ1) is 9.99. The highest BCUT2D eigenvalue weighted by Crippen LogP contribution is 2.25. The van der Waals surface area contributed by atoms with Crippen molar-refractivity contribution in [2.45, 2.75) is 18.9 Å². The fourth-order valence-electron chi connectivity index (χ4n) is 1.79. The van der Waals surface area contributed by atoms with Gasteiger partial charge in [0, 0.05) is 24.7 Å². The van der Waals surface area contributed by atoms with Crippen LogP contribution in [0.1, 0.15) is 13.8 Å². The van der Waals surface area contributed by atoms with E-state index in [9.17, 15) is 13.2 Å². The summed E-state index contributed by atoms with van der Waals surface area (Å²) >= 11 is 1.34. The number of rotatable bonds is 7. The van der Waals surface area contributed by atoms with Crippen LogP contribution in [0, 0.1) is 0 Å². The molecule has 10 heteroatoms. The van der Waals surface area contributed by atoms with Crippen molar-refractivity contribution in [2.24, 2.45) is 0 Å². The van der Waals surface area contributed by atoms with Gasteiger partial charge in [0.15, 0.2) is 15.8 Å². The molecule has 0 aliphatic rings. The van der Waals surface area contributed by atoms with Gasteiger partial charge >= 0.3 is 0 Å². The quantitative estimate of drug-likeness (QED) is 0.674. The number of hydrogen-bond donors (Lipinski definition) is 3. The topological polar surface area (TPSA) is 105 Å². The number of aromatic nitrogens is 2. The fraction of sp³-hybridized carbons (Fsp3) is 0.455. The molecule has 0 bridgehead atoms. The molecule has 0 radical (unpaired) electrons. The van der Waals surface area contributed by atoms with E-state index in [4.69, 9.17) is 0 Å². The van der Waals surface area contributed by atoms with Gasteiger partial charge in [0.05, 0.1) is 6.54 Å². The highest BCUT2D eigenvalue weighted by Gasteiger charge is 2.26. The van der Waals surface area contributed by atoms with Crippen LogP contribution in [0.15, 0.2) is 16.6 Å². The molecular weight excluding hydrogens is 314 g/mol. The highest BCUT2D eigenvalue weighted by molar-refractivity contribution is 7.89. The lowest BCUT2D eigenvalue weighted by atomic mass is 10.6. The lowest BCUT2D eigenvalue weighted by Gasteiger charge is -2.08. The lowest BCUT2D eigenvalue weighted by Crippen LogP contribution is -2.37. The van der Waals surface area contributed by atoms with E-state index in [-0.39, 0.29) is 23.3 Å². The Morgan fingerprint density at radius 3 is 2.81 bits per heavy atom. The number of thiazole rings is 1. The normalized spacial score (nSPS) is 11.7. The minimum absolute atomic E-state index is 0.0184. The molecule has 0 saturated carbocycles. The second-order valence-corrected chi connectivity index (χ2v) is 6.68. The van der Waals surface area contributed by atoms with E-state index in [1.807, 2.05) is 6.92 Å². The summed E-state index contributed by atoms with van der Waals surface area (Å²) in [5.74, 6) is -0.0927. The van der Waals surface area contributed by atoms with Gasteiger partial charge in [-0.3, -0.25) is 9.20 Å². The Balaban J connectivity index is 2.32. The minimum Gasteiger partial charge on any atom is -0.368 e. The van der Waals surface area contributed by atoms with Gasteiger partial charge < -0.3 is 10.6 Å². The zero-order valence-electron chi connectivity index (χ0n) is 11.7. The molecule has 0 spiro atoms. The molecule has 3 N–H and O–H groups in total. The molecule has 0 aromatic carbocycles. The van der Waals surface area contributed by atoms with Gasteiger partial charge in [0.2, 0.25) is 5.91 Å². The number of hydrogen-bond acceptors (Lipinski definition) is 6. The molecule has 0 saturated heterocycles. The van der Waals surface area contributed by atoms with Crippen LogP contribution in [0.2, 0.25) is 0 Å². The second kappa shape index (κ2) is 6.41. The standard InChI is InChI=1S/C11H17N5O3S2/c1-3-12-8(17)7-14-21(18,19)10-9(13-4-2)15-11-16(10)5-6-20-11/h5-6,13-14H,3-4,7H2,1-2H3,(H,12,17). The first kappa shape index (κ1) is 15.7. The maximum absolute atomic E-state index is 12.4. The molecule has 8 nitrogen and oxygen atoms in total. The van der Waals surface area contributed by atoms with E-state index >= 15 is 0 Å². The lowest BCUT2D eigenvalue weighted by molar-refractivity contribution is -0.119. The Morgan fingerprint density at radius 2 is 2.14 bits per heavy atom. The summed E-state index contributed by atoms with van der Waals surface area (Å²) in [6.45, 7) is 4.31. The van der Waals surface area contributed by atoms with Gasteiger partial charge in [0.25, 0.3) is 10.0 Å². The van der Waals surface area contributed by atoms with Crippen LogP contribution in [-0.2, 0) is 14.8 Å². The third-order valence-corrected chi connectivity index (χ3v) is 4.79. The second-order valence-electron chi connectivity index (χ2n) is 4.13. The van der Waals surface area contributed by atoms with Crippen LogP contribution >= 0.6 is 11.3 Å². The molecular formula is C11H17N5O3S2. The van der Waals surface area contributed by atoms with Crippen molar-refractivity contribution in [3.63, 3.8) is 0 Å². The Morgan fingerprint density at radius 1 is 1.38 bits per heavy atom. The van der Waals surface area contributed by atoms with Crippen LogP contribution in [0.25, 0.3) is 4.96 Å². The van der Waals surface area contributed by atoms with E-state index in [1.165, 1.54) is 15.7 Å². The van der Waals surface area contributed by atoms with E-state index < -0.39 is 10.0 Å². The Bertz CT molecular complexity index is 734. The predicted octanol–water partition coefficient (Wildman–Crippen LogP) is 0.242. The van der Waals surface area contributed by atoms with Gasteiger partial charge in [-0.1, -0.05) is 0 Å². The molecule has 21 heavy (non-hydrogen) atoms. The van der Waals surface area contributed by atoms with Crippen molar-refractivity contribution in [1.82, 2.24) is 19.4 Å². The van der Waals surface area contributed by atoms with Crippen LogP contribution < -0.4 is 15.4 Å². The van der Waals surface area contributed by atoms with Crippen molar-refractivity contribution < 1.29 is 13.2 Å². The van der Waals surface area contributed by atoms with Gasteiger partial charge in [-0.05, 0) is 13.8 Å². The summed E-state index contributed by atoms with van der Waals surface area (Å²) in [4.78, 5) is 16.2. The van der Waals surface area contributed by atoms with E-state index in [0.29, 0.717) is 18.1 Å². The van der Waals surface area contributed by atoms with E-state index in [0.717, 1.165) is 0 Å². The van der Waals surface area contributed by atoms with Gasteiger partial charge in [-0.2, -0.15) is 0 Å². The van der Waals surface area contributed by atoms with Crippen molar-refractivity contribution in [1.29, 1.82) is 0 Å². The van der Waals surface area contributed by atoms with Crippen molar-refractivity contribution >= 4 is 38.0 Å². The van der Waals surface area contributed by atoms with Crippen LogP contribution in [0.3, 0.4) is 0 Å². The van der Waals surface area contributed by atoms with E-state index in [1.54, 1.807) is 18.5 Å². The number of sulfonamides is 1. The van der Waals surface area contributed by atoms with Crippen LogP contribution in [-0.4, -0.2) is 43.3 Å². The summed E-state index contributed by atoms with van der Waals surface area (Å²) in [5, 5.41) is 7.23. The zero-order chi connectivity index (χ0) is 15.5. The number of amides is 1. The van der Waals surface area contributed by atoms with Gasteiger partial charge in [0.1, 0.15) is 0 Å². The summed E-state index contributed by atoms with van der Waals surface area (Å²) in [6.07, 6.45) is 1.63. The monoisotopic (exact) mass is 331 g/mol. The number of nitrogens with one attached hydrogen (secondary N) is 3. The Kier molecular flexibility index (Phi) is 4.80. The molecule has 0 aliphatic heterocycles. The Hall–Kier alpha value is -1.65. The van der Waals surface area contributed by atoms with Crippen molar-refractivity contribution in [2.75, 3.05) is 25.0 Å². The molecule has 2 aromatic rings. The smallest absolute Gasteiger partial charge is 0.260 e. The summed E-state index contributed by atoms with van der Waals surface area (Å²) < 4.78 is 28.6. The minimum atomic E-state index is -3.85. The molecule has 2 aromatic heterocycles. The first-order valence-electron chi connectivity index (χ1n) is 6.45. The average molecular weight is 331 g/mol. The summed E-state index contributed by atoms with van der Waals surface area (Å²) in [5.41, 5.74) is 0. The van der Waals surface area contributed by atoms with Gasteiger partial charge in [-0.25, -0.2) is 18.1 Å². The van der Waals surface area contributed by atoms with Crippen LogP contribution in [0.5, 0.6) is 0 Å². The first-order valence-corrected chi connectivity index (χ1v) is 8.81. The van der Waals surface area contributed by atoms with Crippen molar-refractivity contribution in [3.05, 3.63) is 11.6 Å². The molecule has 0 unspecified atom stereocenters. The number of carbonyl (C=O) groups excluding carboxylic acids is 1. The SMILES string of the molecule is CCNC(=O)CNS(=O)(=O)c1c(NCC)nc2sccn12. The highest BCUT2D eigenvalue weighted by atomic mass is 32.2. The molecule has 1 amide bonds. The number of imidazole rings is 1. The molecule has 2 heterocycles. The molecule has 2 rings (SSSR count). The number of carbonyl (C=O) groups is 1. The predicted molar refractivity (Wildman–Crippen MR) is 81.1 cm³/mol. The third kappa shape index (κ3) is 3.34. The maximum Gasteiger partial charge on any atom is 0.260 e. The van der Waals surface area contributed by atoms with Crippen molar-refractivity contribution in [3.8, 4) is 0 Å². The fourth-order valence-corrected chi connectivity index (χ4v) is 3.80. The van der Waals surface area contributed by atoms with Crippen LogP contribution in [0.4, 0.5) is 5.82 Å². The maximum atomic E-state index is 12.4.